The number of carbonyl (C=O) groups excluding carboxylic acids is 1. The topological polar surface area (TPSA) is 79.5 Å². The Kier molecular flexibility index (Phi) is 4.28. The first kappa shape index (κ1) is 16.8. The molecule has 0 aliphatic rings. The van der Waals surface area contributed by atoms with Crippen LogP contribution in [0.15, 0.2) is 52.3 Å². The van der Waals surface area contributed by atoms with Gasteiger partial charge >= 0.3 is 5.97 Å². The second kappa shape index (κ2) is 6.60. The van der Waals surface area contributed by atoms with Crippen LogP contribution in [-0.2, 0) is 0 Å². The molecule has 1 aromatic carbocycles. The highest BCUT2D eigenvalue weighted by Gasteiger charge is 2.23. The fourth-order valence-electron chi connectivity index (χ4n) is 2.56. The molecule has 0 aliphatic carbocycles. The summed E-state index contributed by atoms with van der Waals surface area (Å²) in [4.78, 5) is 25.5. The van der Waals surface area contributed by atoms with Gasteiger partial charge in [-0.25, -0.2) is 4.79 Å². The molecule has 1 amide bonds. The average Bonchev–Trinajstić information content (AvgIpc) is 3.31. The number of halogens is 1. The van der Waals surface area contributed by atoms with E-state index in [4.69, 9.17) is 16.0 Å². The van der Waals surface area contributed by atoms with Crippen LogP contribution in [0.4, 0.5) is 5.69 Å². The van der Waals surface area contributed by atoms with Gasteiger partial charge in [-0.05, 0) is 24.3 Å². The smallest absolute Gasteiger partial charge is 0.339 e. The van der Waals surface area contributed by atoms with Crippen molar-refractivity contribution >= 4 is 62.8 Å². The highest BCUT2D eigenvalue weighted by Crippen LogP contribution is 2.40. The number of nitrogens with one attached hydrogen (secondary N) is 1. The van der Waals surface area contributed by atoms with Crippen LogP contribution in [0.1, 0.15) is 20.9 Å². The number of rotatable bonds is 4. The lowest BCUT2D eigenvalue weighted by Crippen LogP contribution is -2.13. The summed E-state index contributed by atoms with van der Waals surface area (Å²) in [5.74, 6) is -1.50. The summed E-state index contributed by atoms with van der Waals surface area (Å²) in [7, 11) is 0. The van der Waals surface area contributed by atoms with Crippen molar-refractivity contribution in [3.63, 3.8) is 0 Å². The lowest BCUT2D eigenvalue weighted by atomic mass is 10.2. The molecule has 0 saturated carbocycles. The zero-order chi connectivity index (χ0) is 18.3. The van der Waals surface area contributed by atoms with Crippen molar-refractivity contribution in [1.82, 2.24) is 0 Å². The van der Waals surface area contributed by atoms with Gasteiger partial charge in [0.25, 0.3) is 5.91 Å². The van der Waals surface area contributed by atoms with Gasteiger partial charge in [-0.15, -0.1) is 22.7 Å². The molecule has 0 fully saturated rings. The number of hydrogen-bond donors (Lipinski definition) is 2. The third-order valence-corrected chi connectivity index (χ3v) is 6.09. The third kappa shape index (κ3) is 3.01. The number of carboxylic acids is 1. The lowest BCUT2D eigenvalue weighted by molar-refractivity contribution is 0.0699. The van der Waals surface area contributed by atoms with Crippen LogP contribution < -0.4 is 5.32 Å². The van der Waals surface area contributed by atoms with E-state index in [-0.39, 0.29) is 17.0 Å². The molecule has 130 valence electrons. The maximum Gasteiger partial charge on any atom is 0.339 e. The van der Waals surface area contributed by atoms with Gasteiger partial charge in [0, 0.05) is 15.6 Å². The molecule has 3 heterocycles. The fourth-order valence-corrected chi connectivity index (χ4v) is 4.73. The molecular weight excluding hydrogens is 394 g/mol. The van der Waals surface area contributed by atoms with E-state index in [0.717, 1.165) is 10.3 Å². The van der Waals surface area contributed by atoms with Gasteiger partial charge in [-0.2, -0.15) is 0 Å². The van der Waals surface area contributed by atoms with Crippen molar-refractivity contribution in [1.29, 1.82) is 0 Å². The second-order valence-electron chi connectivity index (χ2n) is 5.37. The van der Waals surface area contributed by atoms with Crippen molar-refractivity contribution in [3.8, 4) is 9.75 Å². The Hall–Kier alpha value is -2.61. The SMILES string of the molecule is O=C(Nc1csc(-c2ccc(Cl)s2)c1C(=O)O)c1cc2ccccc2o1. The molecule has 0 atom stereocenters. The van der Waals surface area contributed by atoms with Crippen molar-refractivity contribution in [2.45, 2.75) is 0 Å². The molecule has 3 aromatic heterocycles. The molecule has 5 nitrogen and oxygen atoms in total. The normalized spacial score (nSPS) is 11.0. The van der Waals surface area contributed by atoms with Gasteiger partial charge in [-0.3, -0.25) is 4.79 Å². The molecule has 0 saturated heterocycles. The van der Waals surface area contributed by atoms with E-state index >= 15 is 0 Å². The Bertz CT molecular complexity index is 1110. The highest BCUT2D eigenvalue weighted by atomic mass is 35.5. The van der Waals surface area contributed by atoms with E-state index in [9.17, 15) is 14.7 Å². The fraction of sp³-hybridized carbons (Fsp3) is 0. The first-order chi connectivity index (χ1) is 12.5. The molecule has 2 N–H and O–H groups in total. The van der Waals surface area contributed by atoms with Gasteiger partial charge in [0.15, 0.2) is 5.76 Å². The number of benzene rings is 1. The molecule has 8 heteroatoms. The Morgan fingerprint density at radius 3 is 2.65 bits per heavy atom. The van der Waals surface area contributed by atoms with Gasteiger partial charge in [0.1, 0.15) is 11.1 Å². The number of furan rings is 1. The summed E-state index contributed by atoms with van der Waals surface area (Å²) >= 11 is 8.47. The largest absolute Gasteiger partial charge is 0.478 e. The standard InChI is InChI=1S/C18H10ClNO4S2/c19-14-6-5-13(26-14)16-15(18(22)23)10(8-25-16)20-17(21)12-7-9-3-1-2-4-11(9)24-12/h1-8H,(H,20,21)(H,22,23). The predicted octanol–water partition coefficient (Wildman–Crippen LogP) is 5.83. The molecule has 0 aliphatic heterocycles. The van der Waals surface area contributed by atoms with Crippen LogP contribution in [0, 0.1) is 0 Å². The molecule has 26 heavy (non-hydrogen) atoms. The Morgan fingerprint density at radius 2 is 1.96 bits per heavy atom. The third-order valence-electron chi connectivity index (χ3n) is 3.70. The molecule has 0 radical (unpaired) electrons. The molecule has 0 bridgehead atoms. The minimum atomic E-state index is -1.12. The van der Waals surface area contributed by atoms with Crippen LogP contribution in [0.5, 0.6) is 0 Å². The number of amides is 1. The Balaban J connectivity index is 1.68. The van der Waals surface area contributed by atoms with Gasteiger partial charge < -0.3 is 14.8 Å². The van der Waals surface area contributed by atoms with E-state index in [1.165, 1.54) is 22.7 Å². The van der Waals surface area contributed by atoms with E-state index in [1.807, 2.05) is 18.2 Å². The molecule has 4 rings (SSSR count). The van der Waals surface area contributed by atoms with Gasteiger partial charge in [0.2, 0.25) is 0 Å². The van der Waals surface area contributed by atoms with E-state index in [0.29, 0.717) is 14.8 Å². The zero-order valence-electron chi connectivity index (χ0n) is 13.0. The van der Waals surface area contributed by atoms with Gasteiger partial charge in [0.05, 0.1) is 14.9 Å². The van der Waals surface area contributed by atoms with Crippen LogP contribution in [0.2, 0.25) is 4.34 Å². The number of hydrogen-bond acceptors (Lipinski definition) is 5. The number of aromatic carboxylic acids is 1. The number of fused-ring (bicyclic) bond motifs is 1. The van der Waals surface area contributed by atoms with E-state index in [1.54, 1.807) is 29.6 Å². The maximum absolute atomic E-state index is 12.5. The number of thiophene rings is 2. The molecular formula is C18H10ClNO4S2. The van der Waals surface area contributed by atoms with Crippen LogP contribution in [0.25, 0.3) is 20.7 Å². The zero-order valence-corrected chi connectivity index (χ0v) is 15.4. The summed E-state index contributed by atoms with van der Waals surface area (Å²) in [6, 6.07) is 12.3. The second-order valence-corrected chi connectivity index (χ2v) is 7.96. The van der Waals surface area contributed by atoms with Crippen molar-refractivity contribution in [2.24, 2.45) is 0 Å². The number of anilines is 1. The molecule has 0 unspecified atom stereocenters. The minimum absolute atomic E-state index is 0.0398. The predicted molar refractivity (Wildman–Crippen MR) is 104 cm³/mol. The molecule has 4 aromatic rings. The lowest BCUT2D eigenvalue weighted by Gasteiger charge is -2.03. The van der Waals surface area contributed by atoms with Crippen LogP contribution in [0.3, 0.4) is 0 Å². The van der Waals surface area contributed by atoms with E-state index < -0.39 is 11.9 Å². The minimum Gasteiger partial charge on any atom is -0.478 e. The summed E-state index contributed by atoms with van der Waals surface area (Å²) < 4.78 is 6.09. The maximum atomic E-state index is 12.5. The van der Waals surface area contributed by atoms with Crippen molar-refractivity contribution < 1.29 is 19.1 Å². The van der Waals surface area contributed by atoms with Crippen molar-refractivity contribution in [3.05, 3.63) is 63.5 Å². The summed E-state index contributed by atoms with van der Waals surface area (Å²) in [6.45, 7) is 0. The van der Waals surface area contributed by atoms with E-state index in [2.05, 4.69) is 5.32 Å². The van der Waals surface area contributed by atoms with Gasteiger partial charge in [-0.1, -0.05) is 29.8 Å². The quantitative estimate of drug-likeness (QED) is 0.449. The van der Waals surface area contributed by atoms with Crippen LogP contribution >= 0.6 is 34.3 Å². The Labute approximate surface area is 160 Å². The molecule has 0 spiro atoms. The summed E-state index contributed by atoms with van der Waals surface area (Å²) in [6.07, 6.45) is 0. The first-order valence-corrected chi connectivity index (χ1v) is 9.51. The summed E-state index contributed by atoms with van der Waals surface area (Å²) in [5, 5.41) is 14.6. The first-order valence-electron chi connectivity index (χ1n) is 7.43. The summed E-state index contributed by atoms with van der Waals surface area (Å²) in [5.41, 5.74) is 0.862. The number of carboxylic acid groups (broad SMARTS) is 1. The van der Waals surface area contributed by atoms with Crippen molar-refractivity contribution in [2.75, 3.05) is 5.32 Å². The van der Waals surface area contributed by atoms with Crippen LogP contribution in [-0.4, -0.2) is 17.0 Å². The number of para-hydroxylation sites is 1. The monoisotopic (exact) mass is 403 g/mol. The Morgan fingerprint density at radius 1 is 1.15 bits per heavy atom. The average molecular weight is 404 g/mol. The number of carbonyl (C=O) groups is 2. The highest BCUT2D eigenvalue weighted by molar-refractivity contribution is 7.24.